The normalized spacial score (nSPS) is 11.2. The van der Waals surface area contributed by atoms with E-state index < -0.39 is 5.97 Å². The van der Waals surface area contributed by atoms with E-state index in [4.69, 9.17) is 16.7 Å². The van der Waals surface area contributed by atoms with Crippen LogP contribution < -0.4 is 0 Å². The summed E-state index contributed by atoms with van der Waals surface area (Å²) >= 11 is 7.42. The highest BCUT2D eigenvalue weighted by atomic mass is 35.5. The van der Waals surface area contributed by atoms with Crippen LogP contribution in [0.1, 0.15) is 20.9 Å². The van der Waals surface area contributed by atoms with Crippen LogP contribution in [0.25, 0.3) is 0 Å². The van der Waals surface area contributed by atoms with Gasteiger partial charge in [0.15, 0.2) is 0 Å². The molecule has 0 aromatic carbocycles. The number of carbonyl (C=O) groups is 1. The second kappa shape index (κ2) is 5.73. The summed E-state index contributed by atoms with van der Waals surface area (Å²) in [5.74, 6) is -0.948. The summed E-state index contributed by atoms with van der Waals surface area (Å²) in [6, 6.07) is 3.84. The van der Waals surface area contributed by atoms with Crippen molar-refractivity contribution in [3.05, 3.63) is 38.8 Å². The van der Waals surface area contributed by atoms with Gasteiger partial charge in [0.2, 0.25) is 0 Å². The molecule has 0 saturated heterocycles. The molecule has 1 N–H and O–H groups in total. The molecule has 0 atom stereocenters. The highest BCUT2D eigenvalue weighted by Crippen LogP contribution is 2.23. The lowest BCUT2D eigenvalue weighted by atomic mass is 10.2. The van der Waals surface area contributed by atoms with Crippen molar-refractivity contribution >= 4 is 28.9 Å². The largest absolute Gasteiger partial charge is 0.478 e. The molecule has 102 valence electrons. The number of hydrogen-bond acceptors (Lipinski definition) is 4. The molecule has 0 bridgehead atoms. The molecule has 0 aliphatic rings. The maximum atomic E-state index is 11.1. The van der Waals surface area contributed by atoms with Crippen molar-refractivity contribution in [2.75, 3.05) is 7.05 Å². The standard InChI is InChI=1S/C12H14ClN3O2S/c1-15(6-8-3-4-11(13)19-8)7-10-9(12(17)18)5-14-16(10)2/h3-5H,6-7H2,1-2H3,(H,17,18). The van der Waals surface area contributed by atoms with E-state index in [1.807, 2.05) is 24.1 Å². The van der Waals surface area contributed by atoms with E-state index in [0.29, 0.717) is 12.2 Å². The third kappa shape index (κ3) is 3.34. The van der Waals surface area contributed by atoms with Crippen LogP contribution in [0.2, 0.25) is 4.34 Å². The second-order valence-electron chi connectivity index (χ2n) is 4.31. The van der Waals surface area contributed by atoms with E-state index in [1.54, 1.807) is 11.7 Å². The molecule has 2 aromatic rings. The Bertz CT molecular complexity index is 594. The number of aryl methyl sites for hydroxylation is 1. The van der Waals surface area contributed by atoms with E-state index in [1.165, 1.54) is 17.5 Å². The van der Waals surface area contributed by atoms with Gasteiger partial charge in [-0.25, -0.2) is 4.79 Å². The smallest absolute Gasteiger partial charge is 0.339 e. The third-order valence-electron chi connectivity index (χ3n) is 2.77. The van der Waals surface area contributed by atoms with E-state index >= 15 is 0 Å². The first-order chi connectivity index (χ1) is 8.97. The van der Waals surface area contributed by atoms with Crippen molar-refractivity contribution in [3.63, 3.8) is 0 Å². The van der Waals surface area contributed by atoms with E-state index in [9.17, 15) is 4.79 Å². The Labute approximate surface area is 120 Å². The monoisotopic (exact) mass is 299 g/mol. The zero-order valence-corrected chi connectivity index (χ0v) is 12.2. The molecule has 2 heterocycles. The lowest BCUT2D eigenvalue weighted by molar-refractivity contribution is 0.0694. The summed E-state index contributed by atoms with van der Waals surface area (Å²) in [6.07, 6.45) is 1.38. The number of carboxylic acids is 1. The highest BCUT2D eigenvalue weighted by Gasteiger charge is 2.16. The maximum Gasteiger partial charge on any atom is 0.339 e. The first-order valence-electron chi connectivity index (χ1n) is 5.64. The molecular weight excluding hydrogens is 286 g/mol. The van der Waals surface area contributed by atoms with Gasteiger partial charge >= 0.3 is 5.97 Å². The number of aromatic carboxylic acids is 1. The Morgan fingerprint density at radius 3 is 2.84 bits per heavy atom. The Morgan fingerprint density at radius 2 is 2.26 bits per heavy atom. The van der Waals surface area contributed by atoms with Crippen molar-refractivity contribution in [1.82, 2.24) is 14.7 Å². The fourth-order valence-electron chi connectivity index (χ4n) is 1.84. The maximum absolute atomic E-state index is 11.1. The molecule has 0 fully saturated rings. The van der Waals surface area contributed by atoms with Crippen LogP contribution in [0.4, 0.5) is 0 Å². The Balaban J connectivity index is 2.08. The van der Waals surface area contributed by atoms with Gasteiger partial charge in [-0.15, -0.1) is 11.3 Å². The van der Waals surface area contributed by atoms with E-state index in [-0.39, 0.29) is 5.56 Å². The second-order valence-corrected chi connectivity index (χ2v) is 6.11. The SMILES string of the molecule is CN(Cc1ccc(Cl)s1)Cc1c(C(=O)O)cnn1C. The molecule has 2 aromatic heterocycles. The number of carboxylic acid groups (broad SMARTS) is 1. The molecule has 0 amide bonds. The van der Waals surface area contributed by atoms with Gasteiger partial charge in [-0.2, -0.15) is 5.10 Å². The molecule has 0 spiro atoms. The van der Waals surface area contributed by atoms with Gasteiger partial charge in [-0.05, 0) is 19.2 Å². The van der Waals surface area contributed by atoms with Crippen molar-refractivity contribution < 1.29 is 9.90 Å². The Kier molecular flexibility index (Phi) is 4.24. The van der Waals surface area contributed by atoms with Crippen molar-refractivity contribution in [2.45, 2.75) is 13.1 Å². The number of nitrogens with zero attached hydrogens (tertiary/aromatic N) is 3. The van der Waals surface area contributed by atoms with Gasteiger partial charge in [0, 0.05) is 25.0 Å². The van der Waals surface area contributed by atoms with Gasteiger partial charge in [0.05, 0.1) is 16.2 Å². The molecule has 7 heteroatoms. The average molecular weight is 300 g/mol. The number of rotatable bonds is 5. The third-order valence-corrected chi connectivity index (χ3v) is 3.98. The Hall–Kier alpha value is -1.37. The van der Waals surface area contributed by atoms with Crippen molar-refractivity contribution in [3.8, 4) is 0 Å². The molecule has 0 unspecified atom stereocenters. The number of aromatic nitrogens is 2. The molecular formula is C12H14ClN3O2S. The number of hydrogen-bond donors (Lipinski definition) is 1. The van der Waals surface area contributed by atoms with Crippen LogP contribution in [0.3, 0.4) is 0 Å². The summed E-state index contributed by atoms with van der Waals surface area (Å²) in [5, 5.41) is 13.1. The number of halogens is 1. The van der Waals surface area contributed by atoms with Crippen LogP contribution in [0.5, 0.6) is 0 Å². The van der Waals surface area contributed by atoms with Crippen molar-refractivity contribution in [2.24, 2.45) is 7.05 Å². The van der Waals surface area contributed by atoms with Gasteiger partial charge in [0.1, 0.15) is 5.56 Å². The molecule has 0 radical (unpaired) electrons. The lowest BCUT2D eigenvalue weighted by Crippen LogP contribution is -2.20. The predicted molar refractivity (Wildman–Crippen MR) is 74.7 cm³/mol. The van der Waals surface area contributed by atoms with Gasteiger partial charge in [-0.3, -0.25) is 9.58 Å². The zero-order chi connectivity index (χ0) is 14.0. The van der Waals surface area contributed by atoms with Crippen LogP contribution in [-0.4, -0.2) is 32.8 Å². The van der Waals surface area contributed by atoms with Gasteiger partial charge in [0.25, 0.3) is 0 Å². The molecule has 2 rings (SSSR count). The topological polar surface area (TPSA) is 58.4 Å². The Morgan fingerprint density at radius 1 is 1.53 bits per heavy atom. The van der Waals surface area contributed by atoms with E-state index in [2.05, 4.69) is 5.10 Å². The van der Waals surface area contributed by atoms with Crippen LogP contribution in [0, 0.1) is 0 Å². The minimum Gasteiger partial charge on any atom is -0.478 e. The van der Waals surface area contributed by atoms with Gasteiger partial charge in [-0.1, -0.05) is 11.6 Å². The quantitative estimate of drug-likeness (QED) is 0.921. The summed E-state index contributed by atoms with van der Waals surface area (Å²) in [4.78, 5) is 14.3. The fraction of sp³-hybridized carbons (Fsp3) is 0.333. The summed E-state index contributed by atoms with van der Waals surface area (Å²) in [7, 11) is 3.68. The molecule has 0 aliphatic heterocycles. The average Bonchev–Trinajstić information content (AvgIpc) is 2.87. The zero-order valence-electron chi connectivity index (χ0n) is 10.6. The summed E-state index contributed by atoms with van der Waals surface area (Å²) < 4.78 is 2.36. The van der Waals surface area contributed by atoms with Crippen molar-refractivity contribution in [1.29, 1.82) is 0 Å². The van der Waals surface area contributed by atoms with E-state index in [0.717, 1.165) is 15.8 Å². The fourth-order valence-corrected chi connectivity index (χ4v) is 3.01. The van der Waals surface area contributed by atoms with Gasteiger partial charge < -0.3 is 5.11 Å². The number of thiophene rings is 1. The first-order valence-corrected chi connectivity index (χ1v) is 6.83. The minimum atomic E-state index is -0.948. The van der Waals surface area contributed by atoms with Crippen LogP contribution in [-0.2, 0) is 20.1 Å². The molecule has 5 nitrogen and oxygen atoms in total. The predicted octanol–water partition coefficient (Wildman–Crippen LogP) is 2.47. The molecule has 0 aliphatic carbocycles. The minimum absolute atomic E-state index is 0.249. The van der Waals surface area contributed by atoms with Crippen LogP contribution in [0.15, 0.2) is 18.3 Å². The molecule has 19 heavy (non-hydrogen) atoms. The summed E-state index contributed by atoms with van der Waals surface area (Å²) in [6.45, 7) is 1.25. The summed E-state index contributed by atoms with van der Waals surface area (Å²) in [5.41, 5.74) is 0.941. The molecule has 0 saturated carbocycles. The lowest BCUT2D eigenvalue weighted by Gasteiger charge is -2.16. The van der Waals surface area contributed by atoms with Crippen LogP contribution >= 0.6 is 22.9 Å². The highest BCUT2D eigenvalue weighted by molar-refractivity contribution is 7.16. The first kappa shape index (κ1) is 14.0.